The van der Waals surface area contributed by atoms with Crippen molar-refractivity contribution in [2.24, 2.45) is 0 Å². The molecule has 0 spiro atoms. The van der Waals surface area contributed by atoms with E-state index >= 15 is 0 Å². The van der Waals surface area contributed by atoms with Crippen molar-refractivity contribution in [3.05, 3.63) is 34.1 Å². The summed E-state index contributed by atoms with van der Waals surface area (Å²) in [5, 5.41) is 0. The number of nitrogens with zero attached hydrogens (tertiary/aromatic N) is 1. The highest BCUT2D eigenvalue weighted by molar-refractivity contribution is 9.10. The Balaban J connectivity index is 2.27. The first-order valence-electron chi connectivity index (χ1n) is 6.09. The Kier molecular flexibility index (Phi) is 4.36. The number of hydrogen-bond donors (Lipinski definition) is 0. The highest BCUT2D eigenvalue weighted by Gasteiger charge is 2.46. The van der Waals surface area contributed by atoms with Crippen molar-refractivity contribution in [1.29, 1.82) is 0 Å². The maximum absolute atomic E-state index is 13.6. The second kappa shape index (κ2) is 5.71. The van der Waals surface area contributed by atoms with E-state index in [1.165, 1.54) is 12.1 Å². The molecule has 1 heterocycles. The Hall–Kier alpha value is -1.11. The first kappa shape index (κ1) is 15.3. The number of piperidine rings is 1. The van der Waals surface area contributed by atoms with Crippen LogP contribution < -0.4 is 0 Å². The van der Waals surface area contributed by atoms with Gasteiger partial charge in [0, 0.05) is 23.0 Å². The van der Waals surface area contributed by atoms with Crippen molar-refractivity contribution >= 4 is 21.8 Å². The van der Waals surface area contributed by atoms with Gasteiger partial charge >= 0.3 is 6.18 Å². The summed E-state index contributed by atoms with van der Waals surface area (Å²) in [4.78, 5) is 12.5. The fourth-order valence-corrected chi connectivity index (χ4v) is 2.72. The van der Waals surface area contributed by atoms with Crippen LogP contribution in [0.4, 0.5) is 17.6 Å². The van der Waals surface area contributed by atoms with E-state index in [0.29, 0.717) is 4.47 Å². The predicted molar refractivity (Wildman–Crippen MR) is 68.3 cm³/mol. The minimum absolute atomic E-state index is 0.0716. The summed E-state index contributed by atoms with van der Waals surface area (Å²) in [5.41, 5.74) is 0.0730. The largest absolute Gasteiger partial charge is 0.408 e. The van der Waals surface area contributed by atoms with Gasteiger partial charge in [-0.25, -0.2) is 4.39 Å². The molecule has 0 N–H and O–H groups in total. The lowest BCUT2D eigenvalue weighted by Gasteiger charge is -2.36. The van der Waals surface area contributed by atoms with E-state index in [0.717, 1.165) is 11.0 Å². The van der Waals surface area contributed by atoms with Crippen LogP contribution >= 0.6 is 15.9 Å². The maximum atomic E-state index is 13.6. The van der Waals surface area contributed by atoms with Crippen molar-refractivity contribution in [3.63, 3.8) is 0 Å². The van der Waals surface area contributed by atoms with Crippen LogP contribution in [0.1, 0.15) is 24.8 Å². The standard InChI is InChI=1S/C13H12BrF4NO/c14-9-4-5-10(15)8(6-9)7-19-11(13(16,17)18)2-1-3-12(19)20/h4-6,11H,1-3,7H2/t11-/m0/s1. The summed E-state index contributed by atoms with van der Waals surface area (Å²) in [5.74, 6) is -1.20. The third kappa shape index (κ3) is 3.31. The third-order valence-corrected chi connectivity index (χ3v) is 3.78. The molecule has 110 valence electrons. The highest BCUT2D eigenvalue weighted by atomic mass is 79.9. The fraction of sp³-hybridized carbons (Fsp3) is 0.462. The van der Waals surface area contributed by atoms with E-state index in [1.54, 1.807) is 0 Å². The minimum Gasteiger partial charge on any atom is -0.326 e. The maximum Gasteiger partial charge on any atom is 0.408 e. The van der Waals surface area contributed by atoms with Crippen molar-refractivity contribution < 1.29 is 22.4 Å². The average molecular weight is 354 g/mol. The number of alkyl halides is 3. The SMILES string of the molecule is O=C1CCC[C@@H](C(F)(F)F)N1Cc1cc(Br)ccc1F. The molecule has 7 heteroatoms. The van der Waals surface area contributed by atoms with E-state index in [2.05, 4.69) is 15.9 Å². The first-order chi connectivity index (χ1) is 9.29. The van der Waals surface area contributed by atoms with Crippen LogP contribution in [0.2, 0.25) is 0 Å². The number of benzene rings is 1. The van der Waals surface area contributed by atoms with Gasteiger partial charge in [-0.05, 0) is 31.0 Å². The van der Waals surface area contributed by atoms with Crippen LogP contribution in [0.25, 0.3) is 0 Å². The lowest BCUT2D eigenvalue weighted by atomic mass is 10.00. The van der Waals surface area contributed by atoms with Gasteiger partial charge in [-0.3, -0.25) is 4.79 Å². The second-order valence-corrected chi connectivity index (χ2v) is 5.62. The predicted octanol–water partition coefficient (Wildman–Crippen LogP) is 4.03. The molecule has 0 radical (unpaired) electrons. The van der Waals surface area contributed by atoms with Crippen LogP contribution in [-0.2, 0) is 11.3 Å². The van der Waals surface area contributed by atoms with E-state index in [-0.39, 0.29) is 31.4 Å². The molecular formula is C13H12BrF4NO. The van der Waals surface area contributed by atoms with Gasteiger partial charge in [-0.2, -0.15) is 13.2 Å². The summed E-state index contributed by atoms with van der Waals surface area (Å²) in [7, 11) is 0. The summed E-state index contributed by atoms with van der Waals surface area (Å²) in [6.07, 6.45) is -4.34. The molecule has 1 atom stereocenters. The zero-order valence-corrected chi connectivity index (χ0v) is 12.0. The molecular weight excluding hydrogens is 342 g/mol. The van der Waals surface area contributed by atoms with Crippen LogP contribution in [-0.4, -0.2) is 23.0 Å². The number of carbonyl (C=O) groups is 1. The average Bonchev–Trinajstić information content (AvgIpc) is 2.35. The van der Waals surface area contributed by atoms with Gasteiger partial charge in [0.05, 0.1) is 0 Å². The van der Waals surface area contributed by atoms with E-state index in [4.69, 9.17) is 0 Å². The van der Waals surface area contributed by atoms with Gasteiger partial charge in [-0.15, -0.1) is 0 Å². The molecule has 1 aromatic carbocycles. The smallest absolute Gasteiger partial charge is 0.326 e. The summed E-state index contributed by atoms with van der Waals surface area (Å²) in [6, 6.07) is 2.18. The number of carbonyl (C=O) groups excluding carboxylic acids is 1. The highest BCUT2D eigenvalue weighted by Crippen LogP contribution is 2.33. The van der Waals surface area contributed by atoms with Gasteiger partial charge in [-0.1, -0.05) is 15.9 Å². The summed E-state index contributed by atoms with van der Waals surface area (Å²) >= 11 is 3.14. The molecule has 2 rings (SSSR count). The molecule has 0 bridgehead atoms. The summed E-state index contributed by atoms with van der Waals surface area (Å²) in [6.45, 7) is -0.367. The molecule has 1 aromatic rings. The van der Waals surface area contributed by atoms with E-state index < -0.39 is 23.9 Å². The normalized spacial score (nSPS) is 20.4. The van der Waals surface area contributed by atoms with Crippen molar-refractivity contribution in [3.8, 4) is 0 Å². The van der Waals surface area contributed by atoms with Crippen LogP contribution in [0.3, 0.4) is 0 Å². The van der Waals surface area contributed by atoms with Gasteiger partial charge in [0.25, 0.3) is 0 Å². The number of rotatable bonds is 2. The number of likely N-dealkylation sites (tertiary alicyclic amines) is 1. The Bertz CT molecular complexity index is 518. The van der Waals surface area contributed by atoms with Crippen molar-refractivity contribution in [2.45, 2.75) is 38.0 Å². The lowest BCUT2D eigenvalue weighted by Crippen LogP contribution is -2.50. The Morgan fingerprint density at radius 2 is 2.05 bits per heavy atom. The molecule has 0 unspecified atom stereocenters. The first-order valence-corrected chi connectivity index (χ1v) is 6.88. The minimum atomic E-state index is -4.49. The lowest BCUT2D eigenvalue weighted by molar-refractivity contribution is -0.198. The Labute approximate surface area is 121 Å². The topological polar surface area (TPSA) is 20.3 Å². The third-order valence-electron chi connectivity index (χ3n) is 3.29. The van der Waals surface area contributed by atoms with Crippen molar-refractivity contribution in [1.82, 2.24) is 4.90 Å². The van der Waals surface area contributed by atoms with Crippen molar-refractivity contribution in [2.75, 3.05) is 0 Å². The van der Waals surface area contributed by atoms with Gasteiger partial charge in [0.2, 0.25) is 5.91 Å². The quantitative estimate of drug-likeness (QED) is 0.735. The van der Waals surface area contributed by atoms with Crippen LogP contribution in [0.5, 0.6) is 0 Å². The zero-order chi connectivity index (χ0) is 14.9. The van der Waals surface area contributed by atoms with E-state index in [1.807, 2.05) is 0 Å². The number of hydrogen-bond acceptors (Lipinski definition) is 1. The van der Waals surface area contributed by atoms with E-state index in [9.17, 15) is 22.4 Å². The number of amides is 1. The Morgan fingerprint density at radius 3 is 2.70 bits per heavy atom. The number of halogens is 5. The van der Waals surface area contributed by atoms with Crippen LogP contribution in [0, 0.1) is 5.82 Å². The van der Waals surface area contributed by atoms with Crippen LogP contribution in [0.15, 0.2) is 22.7 Å². The molecule has 20 heavy (non-hydrogen) atoms. The molecule has 0 aliphatic carbocycles. The molecule has 1 saturated heterocycles. The molecule has 1 fully saturated rings. The van der Waals surface area contributed by atoms with Gasteiger partial charge in [0.15, 0.2) is 0 Å². The molecule has 1 aliphatic heterocycles. The fourth-order valence-electron chi connectivity index (χ4n) is 2.31. The molecule has 1 aliphatic rings. The molecule has 1 amide bonds. The second-order valence-electron chi connectivity index (χ2n) is 4.71. The van der Waals surface area contributed by atoms with Gasteiger partial charge < -0.3 is 4.90 Å². The molecule has 2 nitrogen and oxygen atoms in total. The monoisotopic (exact) mass is 353 g/mol. The summed E-state index contributed by atoms with van der Waals surface area (Å²) < 4.78 is 53.0. The Morgan fingerprint density at radius 1 is 1.35 bits per heavy atom. The zero-order valence-electron chi connectivity index (χ0n) is 10.4. The van der Waals surface area contributed by atoms with Gasteiger partial charge in [0.1, 0.15) is 11.9 Å². The molecule has 0 aromatic heterocycles. The molecule has 0 saturated carbocycles.